The first-order valence-corrected chi connectivity index (χ1v) is 4.15. The highest BCUT2D eigenvalue weighted by Gasteiger charge is 2.13. The molecule has 5 N–H and O–H groups in total. The summed E-state index contributed by atoms with van der Waals surface area (Å²) in [7, 11) is 0. The average Bonchev–Trinajstić information content (AvgIpc) is 2.12. The first-order valence-electron chi connectivity index (χ1n) is 4.15. The predicted octanol–water partition coefficient (Wildman–Crippen LogP) is 0.497. The number of hydrogen-bond acceptors (Lipinski definition) is 3. The molecule has 0 fully saturated rings. The van der Waals surface area contributed by atoms with Crippen molar-refractivity contribution in [3.63, 3.8) is 0 Å². The van der Waals surface area contributed by atoms with Crippen molar-refractivity contribution in [3.8, 4) is 0 Å². The van der Waals surface area contributed by atoms with Crippen molar-refractivity contribution in [1.29, 1.82) is 0 Å². The molecule has 2 rings (SSSR count). The number of hydrogen-bond donors (Lipinski definition) is 3. The zero-order chi connectivity index (χ0) is 8.55. The summed E-state index contributed by atoms with van der Waals surface area (Å²) in [5, 5.41) is 3.27. The lowest BCUT2D eigenvalue weighted by molar-refractivity contribution is 0.647. The molecule has 12 heavy (non-hydrogen) atoms. The van der Waals surface area contributed by atoms with E-state index < -0.39 is 0 Å². The van der Waals surface area contributed by atoms with Gasteiger partial charge in [-0.15, -0.1) is 0 Å². The molecule has 0 aliphatic carbocycles. The highest BCUT2D eigenvalue weighted by molar-refractivity contribution is 5.62. The van der Waals surface area contributed by atoms with Gasteiger partial charge in [-0.05, 0) is 36.2 Å². The minimum absolute atomic E-state index is 0.853. The van der Waals surface area contributed by atoms with E-state index in [4.69, 9.17) is 11.5 Å². The van der Waals surface area contributed by atoms with Crippen LogP contribution in [0.25, 0.3) is 0 Å². The summed E-state index contributed by atoms with van der Waals surface area (Å²) in [5.41, 5.74) is 15.8. The summed E-state index contributed by atoms with van der Waals surface area (Å²) in [6, 6.07) is 3.76. The lowest BCUT2D eigenvalue weighted by atomic mass is 9.98. The van der Waals surface area contributed by atoms with Crippen LogP contribution in [0.4, 0.5) is 11.4 Å². The number of fused-ring (bicyclic) bond motifs is 1. The fourth-order valence-corrected chi connectivity index (χ4v) is 1.66. The SMILES string of the molecule is Nc1ccc(N)c2c1CCNC2. The van der Waals surface area contributed by atoms with Crippen LogP contribution in [-0.4, -0.2) is 6.54 Å². The molecule has 0 atom stereocenters. The highest BCUT2D eigenvalue weighted by atomic mass is 14.9. The Hall–Kier alpha value is -1.22. The van der Waals surface area contributed by atoms with Gasteiger partial charge in [-0.25, -0.2) is 0 Å². The Morgan fingerprint density at radius 1 is 1.08 bits per heavy atom. The molecule has 3 nitrogen and oxygen atoms in total. The van der Waals surface area contributed by atoms with E-state index in [0.717, 1.165) is 30.9 Å². The van der Waals surface area contributed by atoms with Crippen LogP contribution >= 0.6 is 0 Å². The van der Waals surface area contributed by atoms with Crippen LogP contribution in [-0.2, 0) is 13.0 Å². The Balaban J connectivity index is 2.57. The summed E-state index contributed by atoms with van der Waals surface area (Å²) in [6.45, 7) is 1.85. The van der Waals surface area contributed by atoms with Gasteiger partial charge >= 0.3 is 0 Å². The van der Waals surface area contributed by atoms with Crippen LogP contribution in [0.3, 0.4) is 0 Å². The number of anilines is 2. The zero-order valence-electron chi connectivity index (χ0n) is 6.93. The van der Waals surface area contributed by atoms with Crippen LogP contribution in [0.15, 0.2) is 12.1 Å². The monoisotopic (exact) mass is 163 g/mol. The van der Waals surface area contributed by atoms with E-state index in [1.165, 1.54) is 11.1 Å². The maximum atomic E-state index is 5.83. The van der Waals surface area contributed by atoms with E-state index in [1.54, 1.807) is 0 Å². The molecule has 1 aromatic rings. The van der Waals surface area contributed by atoms with Gasteiger partial charge in [-0.2, -0.15) is 0 Å². The Bertz CT molecular complexity index is 276. The molecule has 0 radical (unpaired) electrons. The molecule has 3 heteroatoms. The molecule has 1 heterocycles. The fourth-order valence-electron chi connectivity index (χ4n) is 1.66. The molecule has 0 bridgehead atoms. The largest absolute Gasteiger partial charge is 0.398 e. The van der Waals surface area contributed by atoms with Gasteiger partial charge in [0.1, 0.15) is 0 Å². The smallest absolute Gasteiger partial charge is 0.0363 e. The second-order valence-corrected chi connectivity index (χ2v) is 3.13. The zero-order valence-corrected chi connectivity index (χ0v) is 6.93. The molecular weight excluding hydrogens is 150 g/mol. The molecule has 0 amide bonds. The number of nitrogens with two attached hydrogens (primary N) is 2. The van der Waals surface area contributed by atoms with Crippen molar-refractivity contribution in [3.05, 3.63) is 23.3 Å². The first-order chi connectivity index (χ1) is 5.79. The summed E-state index contributed by atoms with van der Waals surface area (Å²) in [4.78, 5) is 0. The molecule has 1 aliphatic heterocycles. The third-order valence-electron chi connectivity index (χ3n) is 2.36. The first kappa shape index (κ1) is 7.43. The number of rotatable bonds is 0. The van der Waals surface area contributed by atoms with E-state index in [0.29, 0.717) is 0 Å². The Morgan fingerprint density at radius 3 is 2.42 bits per heavy atom. The second-order valence-electron chi connectivity index (χ2n) is 3.13. The maximum Gasteiger partial charge on any atom is 0.0363 e. The third kappa shape index (κ3) is 1.02. The minimum atomic E-state index is 0.853. The van der Waals surface area contributed by atoms with Crippen LogP contribution < -0.4 is 16.8 Å². The molecule has 0 spiro atoms. The highest BCUT2D eigenvalue weighted by Crippen LogP contribution is 2.25. The number of benzene rings is 1. The van der Waals surface area contributed by atoms with Crippen molar-refractivity contribution >= 4 is 11.4 Å². The Morgan fingerprint density at radius 2 is 1.75 bits per heavy atom. The van der Waals surface area contributed by atoms with E-state index in [-0.39, 0.29) is 0 Å². The van der Waals surface area contributed by atoms with Crippen molar-refractivity contribution in [2.24, 2.45) is 0 Å². The van der Waals surface area contributed by atoms with Crippen molar-refractivity contribution < 1.29 is 0 Å². The van der Waals surface area contributed by atoms with Gasteiger partial charge in [-0.1, -0.05) is 0 Å². The van der Waals surface area contributed by atoms with Crippen LogP contribution in [0.5, 0.6) is 0 Å². The second kappa shape index (κ2) is 2.68. The fraction of sp³-hybridized carbons (Fsp3) is 0.333. The Kier molecular flexibility index (Phi) is 1.66. The molecule has 0 unspecified atom stereocenters. The summed E-state index contributed by atoms with van der Waals surface area (Å²) < 4.78 is 0. The summed E-state index contributed by atoms with van der Waals surface area (Å²) in [5.74, 6) is 0. The summed E-state index contributed by atoms with van der Waals surface area (Å²) in [6.07, 6.45) is 0.992. The molecule has 1 aromatic carbocycles. The van der Waals surface area contributed by atoms with Crippen molar-refractivity contribution in [1.82, 2.24) is 5.32 Å². The van der Waals surface area contributed by atoms with Crippen molar-refractivity contribution in [2.75, 3.05) is 18.0 Å². The molecule has 64 valence electrons. The van der Waals surface area contributed by atoms with E-state index in [9.17, 15) is 0 Å². The minimum Gasteiger partial charge on any atom is -0.398 e. The molecule has 0 aromatic heterocycles. The van der Waals surface area contributed by atoms with E-state index in [2.05, 4.69) is 5.32 Å². The number of nitrogen functional groups attached to an aromatic ring is 2. The van der Waals surface area contributed by atoms with Crippen LogP contribution in [0, 0.1) is 0 Å². The van der Waals surface area contributed by atoms with Gasteiger partial charge in [0, 0.05) is 17.9 Å². The van der Waals surface area contributed by atoms with Gasteiger partial charge in [0.05, 0.1) is 0 Å². The van der Waals surface area contributed by atoms with Crippen LogP contribution in [0.1, 0.15) is 11.1 Å². The van der Waals surface area contributed by atoms with Gasteiger partial charge in [-0.3, -0.25) is 0 Å². The molecule has 1 aliphatic rings. The normalized spacial score (nSPS) is 15.7. The van der Waals surface area contributed by atoms with Gasteiger partial charge in [0.2, 0.25) is 0 Å². The molecule has 0 saturated carbocycles. The topological polar surface area (TPSA) is 64.1 Å². The van der Waals surface area contributed by atoms with Gasteiger partial charge < -0.3 is 16.8 Å². The van der Waals surface area contributed by atoms with E-state index in [1.807, 2.05) is 12.1 Å². The lowest BCUT2D eigenvalue weighted by Gasteiger charge is -2.20. The summed E-state index contributed by atoms with van der Waals surface area (Å²) >= 11 is 0. The van der Waals surface area contributed by atoms with Gasteiger partial charge in [0.25, 0.3) is 0 Å². The molecule has 0 saturated heterocycles. The quantitative estimate of drug-likeness (QED) is 0.488. The van der Waals surface area contributed by atoms with E-state index >= 15 is 0 Å². The standard InChI is InChI=1S/C9H13N3/c10-8-1-2-9(11)7-5-12-4-3-6(7)8/h1-2,12H,3-5,10-11H2. The lowest BCUT2D eigenvalue weighted by Crippen LogP contribution is -2.25. The third-order valence-corrected chi connectivity index (χ3v) is 2.36. The predicted molar refractivity (Wildman–Crippen MR) is 50.7 cm³/mol. The number of nitrogens with one attached hydrogen (secondary N) is 1. The Labute approximate surface area is 71.8 Å². The van der Waals surface area contributed by atoms with Gasteiger partial charge in [0.15, 0.2) is 0 Å². The van der Waals surface area contributed by atoms with Crippen LogP contribution in [0.2, 0.25) is 0 Å². The van der Waals surface area contributed by atoms with Crippen molar-refractivity contribution in [2.45, 2.75) is 13.0 Å². The molecular formula is C9H13N3. The average molecular weight is 163 g/mol. The maximum absolute atomic E-state index is 5.83.